The summed E-state index contributed by atoms with van der Waals surface area (Å²) in [4.78, 5) is 45.9. The molecule has 3 aromatic rings. The molecule has 0 fully saturated rings. The third kappa shape index (κ3) is 4.61. The van der Waals surface area contributed by atoms with Gasteiger partial charge in [-0.15, -0.1) is 0 Å². The number of halogens is 1. The lowest BCUT2D eigenvalue weighted by atomic mass is 10.0. The molecular weight excluding hydrogens is 441 g/mol. The molecule has 9 nitrogen and oxygen atoms in total. The van der Waals surface area contributed by atoms with Crippen molar-refractivity contribution in [2.45, 2.75) is 26.1 Å². The van der Waals surface area contributed by atoms with Crippen LogP contribution in [0.25, 0.3) is 11.3 Å². The molecule has 4 rings (SSSR count). The highest BCUT2D eigenvalue weighted by Gasteiger charge is 2.33. The zero-order valence-electron chi connectivity index (χ0n) is 18.9. The van der Waals surface area contributed by atoms with Crippen LogP contribution < -0.4 is 10.6 Å². The van der Waals surface area contributed by atoms with E-state index in [-0.39, 0.29) is 24.7 Å². The first-order chi connectivity index (χ1) is 16.2. The van der Waals surface area contributed by atoms with Crippen molar-refractivity contribution in [1.29, 1.82) is 0 Å². The topological polar surface area (TPSA) is 116 Å². The molecule has 2 amide bonds. The van der Waals surface area contributed by atoms with Crippen LogP contribution in [0, 0.1) is 0 Å². The molecule has 3 heterocycles. The monoisotopic (exact) mass is 465 g/mol. The van der Waals surface area contributed by atoms with E-state index in [1.165, 1.54) is 18.2 Å². The summed E-state index contributed by atoms with van der Waals surface area (Å²) < 4.78 is 18.8. The Bertz CT molecular complexity index is 1250. The molecule has 3 N–H and O–H groups in total. The van der Waals surface area contributed by atoms with Gasteiger partial charge in [-0.1, -0.05) is 18.2 Å². The maximum atomic E-state index is 14.0. The highest BCUT2D eigenvalue weighted by Crippen LogP contribution is 2.38. The highest BCUT2D eigenvalue weighted by molar-refractivity contribution is 6.09. The van der Waals surface area contributed by atoms with Gasteiger partial charge in [0.2, 0.25) is 0 Å². The molecule has 0 aliphatic carbocycles. The number of ketones is 1. The van der Waals surface area contributed by atoms with Crippen LogP contribution in [0.4, 0.5) is 26.4 Å². The Kier molecular flexibility index (Phi) is 6.06. The second-order valence-corrected chi connectivity index (χ2v) is 8.33. The molecular formula is C24H24FN5O4. The molecule has 0 saturated carbocycles. The van der Waals surface area contributed by atoms with Gasteiger partial charge in [0.15, 0.2) is 11.5 Å². The van der Waals surface area contributed by atoms with Gasteiger partial charge in [-0.05, 0) is 38.1 Å². The van der Waals surface area contributed by atoms with Gasteiger partial charge in [0.05, 0.1) is 37.1 Å². The van der Waals surface area contributed by atoms with Crippen LogP contribution in [-0.2, 0) is 16.1 Å². The van der Waals surface area contributed by atoms with Gasteiger partial charge in [-0.3, -0.25) is 14.5 Å². The highest BCUT2D eigenvalue weighted by atomic mass is 19.1. The van der Waals surface area contributed by atoms with Gasteiger partial charge in [0.25, 0.3) is 5.91 Å². The number of alkyl halides is 1. The first-order valence-electron chi connectivity index (χ1n) is 10.6. The van der Waals surface area contributed by atoms with Crippen LogP contribution in [0.5, 0.6) is 0 Å². The lowest BCUT2D eigenvalue weighted by Gasteiger charge is -2.25. The molecule has 0 radical (unpaired) electrons. The predicted molar refractivity (Wildman–Crippen MR) is 125 cm³/mol. The minimum atomic E-state index is -2.08. The maximum Gasteiger partial charge on any atom is 0.410 e. The van der Waals surface area contributed by atoms with E-state index in [1.807, 2.05) is 30.3 Å². The summed E-state index contributed by atoms with van der Waals surface area (Å²) in [7, 11) is 1.26. The van der Waals surface area contributed by atoms with Crippen LogP contribution >= 0.6 is 0 Å². The van der Waals surface area contributed by atoms with Crippen molar-refractivity contribution in [2.24, 2.45) is 0 Å². The molecule has 0 atom stereocenters. The summed E-state index contributed by atoms with van der Waals surface area (Å²) in [6, 6.07) is 12.6. The normalized spacial score (nSPS) is 13.3. The second kappa shape index (κ2) is 8.97. The molecule has 10 heteroatoms. The lowest BCUT2D eigenvalue weighted by Crippen LogP contribution is -2.39. The Morgan fingerprint density at radius 1 is 1.18 bits per heavy atom. The van der Waals surface area contributed by atoms with Crippen molar-refractivity contribution in [2.75, 3.05) is 24.3 Å². The number of carbonyl (C=O) groups is 3. The number of carbonyl (C=O) groups excluding carboxylic acids is 3. The minimum Gasteiger partial charge on any atom is -0.453 e. The molecule has 1 aliphatic rings. The number of H-pyrrole nitrogens is 1. The number of hydrogen-bond acceptors (Lipinski definition) is 6. The van der Waals surface area contributed by atoms with E-state index in [1.54, 1.807) is 12.1 Å². The van der Waals surface area contributed by atoms with Gasteiger partial charge >= 0.3 is 6.09 Å². The average molecular weight is 465 g/mol. The first kappa shape index (κ1) is 23.0. The number of anilines is 3. The molecule has 0 saturated heterocycles. The van der Waals surface area contributed by atoms with E-state index < -0.39 is 17.7 Å². The summed E-state index contributed by atoms with van der Waals surface area (Å²) >= 11 is 0. The van der Waals surface area contributed by atoms with Crippen molar-refractivity contribution >= 4 is 35.0 Å². The van der Waals surface area contributed by atoms with Gasteiger partial charge in [0.1, 0.15) is 5.82 Å². The molecule has 1 aliphatic heterocycles. The van der Waals surface area contributed by atoms with Crippen LogP contribution in [-0.4, -0.2) is 52.0 Å². The zero-order valence-corrected chi connectivity index (χ0v) is 18.9. The fraction of sp³-hybridized carbons (Fsp3) is 0.250. The van der Waals surface area contributed by atoms with Crippen molar-refractivity contribution in [3.8, 4) is 11.3 Å². The zero-order chi connectivity index (χ0) is 24.5. The summed E-state index contributed by atoms with van der Waals surface area (Å²) in [5.41, 5.74) is 1.36. The van der Waals surface area contributed by atoms with E-state index in [0.29, 0.717) is 28.2 Å². The van der Waals surface area contributed by atoms with E-state index in [4.69, 9.17) is 4.74 Å². The number of pyridine rings is 1. The molecule has 0 bridgehead atoms. The van der Waals surface area contributed by atoms with E-state index >= 15 is 0 Å². The number of nitrogens with zero attached hydrogens (tertiary/aromatic N) is 2. The van der Waals surface area contributed by atoms with Crippen molar-refractivity contribution < 1.29 is 23.5 Å². The first-order valence-corrected chi connectivity index (χ1v) is 10.6. The van der Waals surface area contributed by atoms with Gasteiger partial charge < -0.3 is 20.4 Å². The quantitative estimate of drug-likeness (QED) is 0.518. The van der Waals surface area contributed by atoms with Crippen LogP contribution in [0.2, 0.25) is 0 Å². The Hall–Kier alpha value is -4.21. The van der Waals surface area contributed by atoms with Crippen LogP contribution in [0.1, 0.15) is 29.9 Å². The Balaban J connectivity index is 1.78. The van der Waals surface area contributed by atoms with Crippen LogP contribution in [0.3, 0.4) is 0 Å². The Labute approximate surface area is 195 Å². The number of para-hydroxylation sites is 1. The lowest BCUT2D eigenvalue weighted by molar-refractivity contribution is -0.125. The number of fused-ring (bicyclic) bond motifs is 1. The number of aromatic nitrogens is 2. The summed E-state index contributed by atoms with van der Waals surface area (Å²) in [6.07, 6.45) is 0.876. The molecule has 2 aromatic heterocycles. The van der Waals surface area contributed by atoms with Crippen molar-refractivity contribution in [1.82, 2.24) is 14.9 Å². The number of Topliss-reactive ketones (excluding diaryl/α,β-unsaturated/α-hetero) is 1. The molecule has 34 heavy (non-hydrogen) atoms. The molecule has 176 valence electrons. The number of benzene rings is 1. The van der Waals surface area contributed by atoms with Gasteiger partial charge in [-0.2, -0.15) is 0 Å². The van der Waals surface area contributed by atoms with Crippen molar-refractivity contribution in [3.63, 3.8) is 0 Å². The standard InChI is InChI=1S/C24H24FN5O4/c1-24(2,25)22(32)29-18-11-14(9-10-26-18)20-21(27-15-7-5-4-6-8-15)19-16(28-20)12-30(13-17(19)31)23(33)34-3/h4-11,27-28H,12-13H2,1-3H3,(H,26,29,32). The fourth-order valence-corrected chi connectivity index (χ4v) is 3.66. The van der Waals surface area contributed by atoms with Crippen LogP contribution in [0.15, 0.2) is 48.7 Å². The third-order valence-electron chi connectivity index (χ3n) is 5.35. The second-order valence-electron chi connectivity index (χ2n) is 8.33. The number of ether oxygens (including phenoxy) is 1. The third-order valence-corrected chi connectivity index (χ3v) is 5.35. The maximum absolute atomic E-state index is 14.0. The number of rotatable bonds is 5. The number of nitrogens with one attached hydrogen (secondary N) is 3. The van der Waals surface area contributed by atoms with E-state index in [2.05, 4.69) is 20.6 Å². The van der Waals surface area contributed by atoms with E-state index in [0.717, 1.165) is 19.5 Å². The van der Waals surface area contributed by atoms with Crippen molar-refractivity contribution in [3.05, 3.63) is 59.9 Å². The van der Waals surface area contributed by atoms with Gasteiger partial charge in [-0.25, -0.2) is 14.2 Å². The molecule has 1 aromatic carbocycles. The summed E-state index contributed by atoms with van der Waals surface area (Å²) in [6.45, 7) is 2.35. The molecule has 0 spiro atoms. The smallest absolute Gasteiger partial charge is 0.410 e. The summed E-state index contributed by atoms with van der Waals surface area (Å²) in [5, 5.41) is 5.76. The fourth-order valence-electron chi connectivity index (χ4n) is 3.66. The molecule has 0 unspecified atom stereocenters. The average Bonchev–Trinajstić information content (AvgIpc) is 3.17. The van der Waals surface area contributed by atoms with Gasteiger partial charge in [0, 0.05) is 23.1 Å². The van der Waals surface area contributed by atoms with E-state index in [9.17, 15) is 18.8 Å². The number of amides is 2. The number of hydrogen-bond donors (Lipinski definition) is 3. The predicted octanol–water partition coefficient (Wildman–Crippen LogP) is 4.27. The minimum absolute atomic E-state index is 0.121. The largest absolute Gasteiger partial charge is 0.453 e. The SMILES string of the molecule is COC(=O)N1CC(=O)c2c([nH]c(-c3ccnc(NC(=O)C(C)(C)F)c3)c2Nc2ccccc2)C1. The summed E-state index contributed by atoms with van der Waals surface area (Å²) in [5.74, 6) is -0.919. The number of aromatic amines is 1. The Morgan fingerprint density at radius 2 is 1.91 bits per heavy atom. The number of methoxy groups -OCH3 is 1. The Morgan fingerprint density at radius 3 is 2.59 bits per heavy atom.